The third-order valence-electron chi connectivity index (χ3n) is 17.2. The van der Waals surface area contributed by atoms with Gasteiger partial charge < -0.3 is 30.6 Å². The van der Waals surface area contributed by atoms with E-state index in [1.807, 2.05) is 6.08 Å². The molecule has 9 heteroatoms. The first-order chi connectivity index (χ1) is 30.6. The van der Waals surface area contributed by atoms with Crippen LogP contribution in [0.3, 0.4) is 0 Å². The van der Waals surface area contributed by atoms with Gasteiger partial charge in [-0.15, -0.1) is 0 Å². The number of aliphatic hydroxyl groups is 1. The Morgan fingerprint density at radius 2 is 1.65 bits per heavy atom. The van der Waals surface area contributed by atoms with Crippen molar-refractivity contribution in [3.63, 3.8) is 0 Å². The van der Waals surface area contributed by atoms with Crippen molar-refractivity contribution in [2.45, 2.75) is 82.4 Å². The maximum absolute atomic E-state index is 12.5. The molecule has 2 spiro atoms. The van der Waals surface area contributed by atoms with Gasteiger partial charge in [-0.1, -0.05) is 97.8 Å². The molecule has 63 heavy (non-hydrogen) atoms. The summed E-state index contributed by atoms with van der Waals surface area (Å²) in [5.41, 5.74) is 8.52. The van der Waals surface area contributed by atoms with E-state index in [0.717, 1.165) is 36.1 Å². The molecule has 0 aromatic heterocycles. The summed E-state index contributed by atoms with van der Waals surface area (Å²) in [5.74, 6) is -0.308. The standard InChI is InChI=1S/C54H53N3O6/c58-41-18-11-31(25-44(41)61)9-16-38-39-6-1-7-42(59)46(39)49(63)48(62)40(38)17-10-30-8-15-37-32(24-30)12-13-33-26-34-27-36-5-3-21-53(36)23-22-52-20-2-4-35(52)14-19-43(60)50(52)54(53,45-28-55-29-56-45)51(34)57-47(33)37/h1,6-9,11-16,18-19,24-28,35-36,43,47,50-51,57-63H,2-5,10,17,20-23,29H2. The molecule has 0 radical (unpaired) electrons. The van der Waals surface area contributed by atoms with Crippen molar-refractivity contribution >= 4 is 40.9 Å². The van der Waals surface area contributed by atoms with Crippen LogP contribution in [0.5, 0.6) is 28.7 Å². The topological polar surface area (TPSA) is 158 Å². The largest absolute Gasteiger partial charge is 0.507 e. The van der Waals surface area contributed by atoms with Crippen LogP contribution in [0.1, 0.15) is 90.8 Å². The number of phenolic OH excluding ortho intramolecular Hbond substituents is 5. The van der Waals surface area contributed by atoms with Crippen molar-refractivity contribution in [1.82, 2.24) is 5.32 Å². The Labute approximate surface area is 367 Å². The lowest BCUT2D eigenvalue weighted by Crippen LogP contribution is -2.74. The Morgan fingerprint density at radius 1 is 0.778 bits per heavy atom. The molecule has 3 fully saturated rings. The smallest absolute Gasteiger partial charge is 0.169 e. The average Bonchev–Trinajstić information content (AvgIpc) is 4.07. The zero-order chi connectivity index (χ0) is 42.8. The molecule has 12 rings (SSSR count). The summed E-state index contributed by atoms with van der Waals surface area (Å²) in [4.78, 5) is 10.1. The minimum absolute atomic E-state index is 0.0114. The van der Waals surface area contributed by atoms with Crippen LogP contribution in [0.4, 0.5) is 0 Å². The van der Waals surface area contributed by atoms with E-state index in [9.17, 15) is 30.6 Å². The average molecular weight is 840 g/mol. The number of rotatable bonds is 6. The zero-order valence-electron chi connectivity index (χ0n) is 35.2. The molecule has 0 saturated heterocycles. The van der Waals surface area contributed by atoms with Gasteiger partial charge in [0, 0.05) is 29.2 Å². The monoisotopic (exact) mass is 839 g/mol. The number of fused-ring (bicyclic) bond motifs is 7. The Balaban J connectivity index is 0.912. The number of aliphatic imine (C=N–C) groups is 2. The lowest BCUT2D eigenvalue weighted by Gasteiger charge is -2.71. The van der Waals surface area contributed by atoms with Crippen LogP contribution in [-0.4, -0.2) is 61.4 Å². The lowest BCUT2D eigenvalue weighted by atomic mass is 9.34. The third-order valence-corrected chi connectivity index (χ3v) is 17.2. The third kappa shape index (κ3) is 5.36. The SMILES string of the molecule is Oc1ccc(C=Cc2c(CCc3ccc4c(c3)C=CC3=CC5=CC6CCCC67CCC68CCCC6C=CC(O)C8C7(C6=NCN=C6)C5NC34)c(O)c(O)c3c(O)cccc23)cc1O. The van der Waals surface area contributed by atoms with Crippen molar-refractivity contribution in [1.29, 1.82) is 0 Å². The van der Waals surface area contributed by atoms with Crippen molar-refractivity contribution in [2.24, 2.45) is 44.0 Å². The van der Waals surface area contributed by atoms with Crippen molar-refractivity contribution < 1.29 is 30.6 Å². The molecule has 2 aliphatic heterocycles. The van der Waals surface area contributed by atoms with Crippen molar-refractivity contribution in [2.75, 3.05) is 6.67 Å². The van der Waals surface area contributed by atoms with Crippen LogP contribution in [0.2, 0.25) is 0 Å². The Hall–Kier alpha value is -5.90. The van der Waals surface area contributed by atoms with E-state index in [0.29, 0.717) is 53.4 Å². The fourth-order valence-electron chi connectivity index (χ4n) is 14.8. The fourth-order valence-corrected chi connectivity index (χ4v) is 14.8. The first kappa shape index (κ1) is 38.7. The molecule has 9 nitrogen and oxygen atoms in total. The second kappa shape index (κ2) is 14.1. The first-order valence-corrected chi connectivity index (χ1v) is 22.9. The van der Waals surface area contributed by atoms with E-state index in [1.54, 1.807) is 24.3 Å². The number of hydrogen-bond donors (Lipinski definition) is 7. The number of phenols is 5. The second-order valence-electron chi connectivity index (χ2n) is 19.6. The maximum Gasteiger partial charge on any atom is 0.169 e. The van der Waals surface area contributed by atoms with Crippen LogP contribution in [-0.2, 0) is 12.8 Å². The predicted molar refractivity (Wildman–Crippen MR) is 247 cm³/mol. The van der Waals surface area contributed by atoms with Crippen LogP contribution >= 0.6 is 0 Å². The number of aliphatic hydroxyl groups excluding tert-OH is 1. The molecule has 7 N–H and O–H groups in total. The highest BCUT2D eigenvalue weighted by Crippen LogP contribution is 2.77. The fraction of sp³-hybridized carbons (Fsp3) is 0.370. The van der Waals surface area contributed by atoms with Gasteiger partial charge in [0.05, 0.1) is 23.2 Å². The van der Waals surface area contributed by atoms with Gasteiger partial charge in [0.25, 0.3) is 0 Å². The number of aromatic hydroxyl groups is 5. The highest BCUT2D eigenvalue weighted by atomic mass is 16.3. The molecule has 4 aromatic carbocycles. The predicted octanol–water partition coefficient (Wildman–Crippen LogP) is 9.61. The summed E-state index contributed by atoms with van der Waals surface area (Å²) < 4.78 is 0. The summed E-state index contributed by atoms with van der Waals surface area (Å²) >= 11 is 0. The highest BCUT2D eigenvalue weighted by molar-refractivity contribution is 6.35. The van der Waals surface area contributed by atoms with Crippen LogP contribution in [0.25, 0.3) is 29.0 Å². The summed E-state index contributed by atoms with van der Waals surface area (Å²) in [5, 5.41) is 71.1. The molecule has 9 unspecified atom stereocenters. The van der Waals surface area contributed by atoms with Gasteiger partial charge in [-0.25, -0.2) is 0 Å². The van der Waals surface area contributed by atoms with Crippen LogP contribution in [0, 0.1) is 34.0 Å². The lowest BCUT2D eigenvalue weighted by molar-refractivity contribution is -0.167. The van der Waals surface area contributed by atoms with Crippen molar-refractivity contribution in [3.05, 3.63) is 130 Å². The van der Waals surface area contributed by atoms with E-state index in [2.05, 4.69) is 66.2 Å². The molecule has 6 aliphatic carbocycles. The van der Waals surface area contributed by atoms with Gasteiger partial charge in [-0.3, -0.25) is 15.3 Å². The van der Waals surface area contributed by atoms with Gasteiger partial charge in [-0.2, -0.15) is 0 Å². The summed E-state index contributed by atoms with van der Waals surface area (Å²) in [6.45, 7) is 0.456. The zero-order valence-corrected chi connectivity index (χ0v) is 35.2. The summed E-state index contributed by atoms with van der Waals surface area (Å²) in [6, 6.07) is 16.1. The number of nitrogens with one attached hydrogen (secondary N) is 1. The van der Waals surface area contributed by atoms with E-state index in [1.165, 1.54) is 67.0 Å². The molecular formula is C54H53N3O6. The molecule has 9 atom stereocenters. The number of hydrogen-bond acceptors (Lipinski definition) is 9. The summed E-state index contributed by atoms with van der Waals surface area (Å²) in [7, 11) is 0. The van der Waals surface area contributed by atoms with Crippen LogP contribution < -0.4 is 5.32 Å². The number of nitrogens with zero attached hydrogens (tertiary/aromatic N) is 2. The molecule has 4 aromatic rings. The summed E-state index contributed by atoms with van der Waals surface area (Å²) in [6.07, 6.45) is 29.5. The van der Waals surface area contributed by atoms with Crippen LogP contribution in [0.15, 0.2) is 106 Å². The minimum Gasteiger partial charge on any atom is -0.507 e. The maximum atomic E-state index is 12.5. The normalized spacial score (nSPS) is 33.2. The molecule has 0 bridgehead atoms. The molecule has 2 heterocycles. The Morgan fingerprint density at radius 3 is 2.51 bits per heavy atom. The Bertz CT molecular complexity index is 2850. The number of aryl methyl sites for hydroxylation is 1. The highest BCUT2D eigenvalue weighted by Gasteiger charge is 2.76. The number of allylic oxidation sites excluding steroid dienone is 2. The van der Waals surface area contributed by atoms with E-state index in [4.69, 9.17) is 9.98 Å². The van der Waals surface area contributed by atoms with Gasteiger partial charge >= 0.3 is 0 Å². The number of benzene rings is 4. The van der Waals surface area contributed by atoms with Gasteiger partial charge in [-0.05, 0) is 137 Å². The molecule has 8 aliphatic rings. The molecule has 0 amide bonds. The molecule has 320 valence electrons. The molecule has 3 saturated carbocycles. The van der Waals surface area contributed by atoms with Gasteiger partial charge in [0.2, 0.25) is 0 Å². The van der Waals surface area contributed by atoms with Crippen molar-refractivity contribution in [3.8, 4) is 28.7 Å². The van der Waals surface area contributed by atoms with E-state index < -0.39 is 11.5 Å². The quantitative estimate of drug-likeness (QED) is 0.0579. The molecular weight excluding hydrogens is 787 g/mol. The first-order valence-electron chi connectivity index (χ1n) is 22.9. The minimum atomic E-state index is -0.547. The van der Waals surface area contributed by atoms with E-state index in [-0.39, 0.29) is 63.0 Å². The second-order valence-corrected chi connectivity index (χ2v) is 19.6. The van der Waals surface area contributed by atoms with Gasteiger partial charge in [0.15, 0.2) is 23.0 Å². The van der Waals surface area contributed by atoms with Gasteiger partial charge in [0.1, 0.15) is 12.4 Å². The Kier molecular flexibility index (Phi) is 8.64. The van der Waals surface area contributed by atoms with E-state index >= 15 is 0 Å².